The second-order valence-electron chi connectivity index (χ2n) is 4.77. The van der Waals surface area contributed by atoms with Gasteiger partial charge >= 0.3 is 0 Å². The summed E-state index contributed by atoms with van der Waals surface area (Å²) in [7, 11) is 0. The molecule has 1 aliphatic heterocycles. The van der Waals surface area contributed by atoms with Crippen LogP contribution in [0.2, 0.25) is 0 Å². The number of ether oxygens (including phenoxy) is 1. The van der Waals surface area contributed by atoms with Crippen molar-refractivity contribution >= 4 is 27.7 Å². The summed E-state index contributed by atoms with van der Waals surface area (Å²) in [6.45, 7) is 5.03. The molecule has 0 saturated heterocycles. The topological polar surface area (TPSA) is 50.3 Å². The summed E-state index contributed by atoms with van der Waals surface area (Å²) >= 11 is 3.55. The van der Waals surface area contributed by atoms with Crippen LogP contribution in [0, 0.1) is 0 Å². The second kappa shape index (κ2) is 6.30. The van der Waals surface area contributed by atoms with Gasteiger partial charge in [0.25, 0.3) is 0 Å². The lowest BCUT2D eigenvalue weighted by Gasteiger charge is -2.22. The Morgan fingerprint density at radius 1 is 1.38 bits per heavy atom. The van der Waals surface area contributed by atoms with E-state index in [1.165, 1.54) is 5.56 Å². The average Bonchev–Trinajstić information content (AvgIpc) is 2.71. The van der Waals surface area contributed by atoms with E-state index >= 15 is 0 Å². The van der Waals surface area contributed by atoms with Crippen LogP contribution in [-0.4, -0.2) is 29.7 Å². The van der Waals surface area contributed by atoms with Crippen molar-refractivity contribution in [3.8, 4) is 5.75 Å². The highest BCUT2D eigenvalue weighted by molar-refractivity contribution is 9.10. The fourth-order valence-corrected chi connectivity index (χ4v) is 2.77. The van der Waals surface area contributed by atoms with Crippen LogP contribution < -0.4 is 15.0 Å². The Hall–Kier alpha value is -1.82. The van der Waals surface area contributed by atoms with Crippen molar-refractivity contribution in [1.29, 1.82) is 0 Å². The van der Waals surface area contributed by atoms with Gasteiger partial charge in [-0.05, 0) is 28.9 Å². The van der Waals surface area contributed by atoms with Crippen molar-refractivity contribution in [1.82, 2.24) is 9.97 Å². The fraction of sp³-hybridized carbons (Fsp3) is 0.333. The van der Waals surface area contributed by atoms with E-state index in [1.54, 1.807) is 6.20 Å². The minimum Gasteiger partial charge on any atom is -0.491 e. The Morgan fingerprint density at radius 2 is 2.24 bits per heavy atom. The van der Waals surface area contributed by atoms with Gasteiger partial charge in [-0.25, -0.2) is 4.98 Å². The SMILES string of the molecule is CCNc1ncc(Br)c(N2CCOc3ccccc3C2)n1. The van der Waals surface area contributed by atoms with Gasteiger partial charge in [0.15, 0.2) is 0 Å². The number of hydrogen-bond acceptors (Lipinski definition) is 5. The summed E-state index contributed by atoms with van der Waals surface area (Å²) < 4.78 is 6.69. The molecule has 1 aromatic heterocycles. The maximum atomic E-state index is 5.80. The molecule has 0 radical (unpaired) electrons. The van der Waals surface area contributed by atoms with Gasteiger partial charge in [0.05, 0.1) is 11.0 Å². The number of nitrogens with one attached hydrogen (secondary N) is 1. The van der Waals surface area contributed by atoms with Crippen molar-refractivity contribution in [3.05, 3.63) is 40.5 Å². The molecule has 1 N–H and O–H groups in total. The van der Waals surface area contributed by atoms with Gasteiger partial charge in [0.1, 0.15) is 18.2 Å². The number of rotatable bonds is 3. The first-order valence-corrected chi connectivity index (χ1v) is 7.79. The molecule has 0 unspecified atom stereocenters. The largest absolute Gasteiger partial charge is 0.491 e. The molecular weight excluding hydrogens is 332 g/mol. The number of aromatic nitrogens is 2. The fourth-order valence-electron chi connectivity index (χ4n) is 2.33. The molecule has 0 bridgehead atoms. The van der Waals surface area contributed by atoms with Gasteiger partial charge in [0, 0.05) is 24.8 Å². The molecule has 1 aromatic carbocycles. The van der Waals surface area contributed by atoms with Crippen LogP contribution in [0.4, 0.5) is 11.8 Å². The molecule has 2 heterocycles. The highest BCUT2D eigenvalue weighted by Gasteiger charge is 2.19. The van der Waals surface area contributed by atoms with Gasteiger partial charge in [0.2, 0.25) is 5.95 Å². The third-order valence-electron chi connectivity index (χ3n) is 3.31. The quantitative estimate of drug-likeness (QED) is 0.923. The molecule has 1 aliphatic rings. The average molecular weight is 349 g/mol. The molecule has 0 atom stereocenters. The van der Waals surface area contributed by atoms with E-state index in [4.69, 9.17) is 4.74 Å². The Kier molecular flexibility index (Phi) is 4.24. The van der Waals surface area contributed by atoms with Gasteiger partial charge in [-0.3, -0.25) is 0 Å². The van der Waals surface area contributed by atoms with Gasteiger partial charge in [-0.2, -0.15) is 4.98 Å². The Labute approximate surface area is 132 Å². The predicted molar refractivity (Wildman–Crippen MR) is 86.9 cm³/mol. The second-order valence-corrected chi connectivity index (χ2v) is 5.63. The number of anilines is 2. The van der Waals surface area contributed by atoms with Crippen molar-refractivity contribution < 1.29 is 4.74 Å². The third kappa shape index (κ3) is 3.10. The third-order valence-corrected chi connectivity index (χ3v) is 3.87. The van der Waals surface area contributed by atoms with E-state index in [9.17, 15) is 0 Å². The minimum absolute atomic E-state index is 0.643. The Bertz CT molecular complexity index is 635. The van der Waals surface area contributed by atoms with Crippen LogP contribution in [0.5, 0.6) is 5.75 Å². The highest BCUT2D eigenvalue weighted by Crippen LogP contribution is 2.29. The normalized spacial score (nSPS) is 14.1. The monoisotopic (exact) mass is 348 g/mol. The lowest BCUT2D eigenvalue weighted by Crippen LogP contribution is -2.27. The molecule has 3 rings (SSSR count). The number of halogens is 1. The highest BCUT2D eigenvalue weighted by atomic mass is 79.9. The maximum absolute atomic E-state index is 5.80. The van der Waals surface area contributed by atoms with E-state index in [0.29, 0.717) is 12.6 Å². The van der Waals surface area contributed by atoms with E-state index in [0.717, 1.165) is 35.7 Å². The van der Waals surface area contributed by atoms with Crippen molar-refractivity contribution in [2.24, 2.45) is 0 Å². The molecule has 0 saturated carbocycles. The lowest BCUT2D eigenvalue weighted by molar-refractivity contribution is 0.331. The molecule has 0 aliphatic carbocycles. The van der Waals surface area contributed by atoms with Crippen LogP contribution in [0.1, 0.15) is 12.5 Å². The molecule has 0 fully saturated rings. The maximum Gasteiger partial charge on any atom is 0.224 e. The lowest BCUT2D eigenvalue weighted by atomic mass is 10.2. The molecule has 0 spiro atoms. The summed E-state index contributed by atoms with van der Waals surface area (Å²) in [5.41, 5.74) is 1.17. The van der Waals surface area contributed by atoms with Crippen LogP contribution in [0.15, 0.2) is 34.9 Å². The van der Waals surface area contributed by atoms with E-state index in [2.05, 4.69) is 42.2 Å². The first kappa shape index (κ1) is 14.1. The first-order valence-electron chi connectivity index (χ1n) is 7.00. The van der Waals surface area contributed by atoms with Crippen LogP contribution in [0.3, 0.4) is 0 Å². The van der Waals surface area contributed by atoms with Gasteiger partial charge in [-0.15, -0.1) is 0 Å². The van der Waals surface area contributed by atoms with Crippen molar-refractivity contribution in [2.75, 3.05) is 29.9 Å². The zero-order valence-corrected chi connectivity index (χ0v) is 13.4. The molecule has 21 heavy (non-hydrogen) atoms. The molecule has 5 nitrogen and oxygen atoms in total. The summed E-state index contributed by atoms with van der Waals surface area (Å²) in [4.78, 5) is 11.1. The van der Waals surface area contributed by atoms with E-state index in [-0.39, 0.29) is 0 Å². The number of benzene rings is 1. The summed E-state index contributed by atoms with van der Waals surface area (Å²) in [5.74, 6) is 2.49. The summed E-state index contributed by atoms with van der Waals surface area (Å²) in [6, 6.07) is 8.13. The molecule has 2 aromatic rings. The van der Waals surface area contributed by atoms with Gasteiger partial charge < -0.3 is 15.0 Å². The Morgan fingerprint density at radius 3 is 3.10 bits per heavy atom. The zero-order chi connectivity index (χ0) is 14.7. The zero-order valence-electron chi connectivity index (χ0n) is 11.8. The van der Waals surface area contributed by atoms with Crippen molar-refractivity contribution in [3.63, 3.8) is 0 Å². The number of fused-ring (bicyclic) bond motifs is 1. The first-order chi connectivity index (χ1) is 10.3. The number of nitrogens with zero attached hydrogens (tertiary/aromatic N) is 3. The molecule has 0 amide bonds. The molecule has 110 valence electrons. The van der Waals surface area contributed by atoms with Crippen LogP contribution in [0.25, 0.3) is 0 Å². The number of hydrogen-bond donors (Lipinski definition) is 1. The van der Waals surface area contributed by atoms with Crippen LogP contribution >= 0.6 is 15.9 Å². The van der Waals surface area contributed by atoms with Gasteiger partial charge in [-0.1, -0.05) is 18.2 Å². The van der Waals surface area contributed by atoms with Crippen molar-refractivity contribution in [2.45, 2.75) is 13.5 Å². The molecular formula is C15H17BrN4O. The smallest absolute Gasteiger partial charge is 0.224 e. The summed E-state index contributed by atoms with van der Waals surface area (Å²) in [6.07, 6.45) is 1.79. The van der Waals surface area contributed by atoms with E-state index in [1.807, 2.05) is 25.1 Å². The summed E-state index contributed by atoms with van der Waals surface area (Å²) in [5, 5.41) is 3.15. The predicted octanol–water partition coefficient (Wildman–Crippen LogP) is 3.07. The van der Waals surface area contributed by atoms with E-state index < -0.39 is 0 Å². The molecule has 6 heteroatoms. The minimum atomic E-state index is 0.643. The number of para-hydroxylation sites is 1. The standard InChI is InChI=1S/C15H17BrN4O/c1-2-17-15-18-9-12(16)14(19-15)20-7-8-21-13-6-4-3-5-11(13)10-20/h3-6,9H,2,7-8,10H2,1H3,(H,17,18,19). The van der Waals surface area contributed by atoms with Crippen LogP contribution in [-0.2, 0) is 6.54 Å². The Balaban J connectivity index is 1.91.